The lowest BCUT2D eigenvalue weighted by atomic mass is 9.78. The van der Waals surface area contributed by atoms with Crippen molar-refractivity contribution in [2.75, 3.05) is 20.7 Å². The summed E-state index contributed by atoms with van der Waals surface area (Å²) in [6, 6.07) is 0. The zero-order chi connectivity index (χ0) is 28.4. The molecule has 0 heterocycles. The van der Waals surface area contributed by atoms with Crippen LogP contribution in [0.1, 0.15) is 131 Å². The number of likely N-dealkylation sites (N-methyl/N-ethyl adjacent to an activating group) is 1. The lowest BCUT2D eigenvalue weighted by Crippen LogP contribution is -2.26. The van der Waals surface area contributed by atoms with Crippen molar-refractivity contribution in [2.45, 2.75) is 131 Å². The summed E-state index contributed by atoms with van der Waals surface area (Å²) in [5, 5.41) is 0. The summed E-state index contributed by atoms with van der Waals surface area (Å²) in [7, 11) is 3.72. The number of ether oxygens (including phenoxy) is 2. The van der Waals surface area contributed by atoms with Crippen LogP contribution in [0.25, 0.3) is 0 Å². The standard InChI is InChI=1S/C25H43NO2.C9H20/c1-9-12-14-15-16-17-20-26(7)22(4)18-21-28-24(6)25(11-3,19-13-10-2)23(5)27-8;1-3-5-7-9-8-6-4-2/h10,13,18,21H,4-6,9,11-12,14-17,19-20H2,1-3,7-8H3;3-9H2,1-2H3/b13-10+,21-18+;. The molecule has 0 spiro atoms. The van der Waals surface area contributed by atoms with Gasteiger partial charge in [0.2, 0.25) is 0 Å². The molecule has 3 nitrogen and oxygen atoms in total. The van der Waals surface area contributed by atoms with Gasteiger partial charge in [0.05, 0.1) is 18.8 Å². The Hall–Kier alpha value is -1.90. The van der Waals surface area contributed by atoms with E-state index >= 15 is 0 Å². The summed E-state index contributed by atoms with van der Waals surface area (Å²) >= 11 is 0. The topological polar surface area (TPSA) is 21.7 Å². The minimum absolute atomic E-state index is 0.433. The lowest BCUT2D eigenvalue weighted by molar-refractivity contribution is 0.139. The first-order valence-electron chi connectivity index (χ1n) is 15.1. The van der Waals surface area contributed by atoms with Gasteiger partial charge >= 0.3 is 0 Å². The van der Waals surface area contributed by atoms with Gasteiger partial charge in [-0.2, -0.15) is 0 Å². The van der Waals surface area contributed by atoms with Crippen LogP contribution < -0.4 is 0 Å². The van der Waals surface area contributed by atoms with Crippen molar-refractivity contribution >= 4 is 0 Å². The fourth-order valence-electron chi connectivity index (χ4n) is 4.17. The Morgan fingerprint density at radius 2 is 1.24 bits per heavy atom. The second-order valence-electron chi connectivity index (χ2n) is 10.1. The summed E-state index contributed by atoms with van der Waals surface area (Å²) in [5.41, 5.74) is 0.500. The Morgan fingerprint density at radius 3 is 1.68 bits per heavy atom. The largest absolute Gasteiger partial charge is 0.501 e. The van der Waals surface area contributed by atoms with Gasteiger partial charge in [0, 0.05) is 19.3 Å². The molecule has 0 aromatic carbocycles. The van der Waals surface area contributed by atoms with E-state index < -0.39 is 5.41 Å². The van der Waals surface area contributed by atoms with Gasteiger partial charge < -0.3 is 14.4 Å². The highest BCUT2D eigenvalue weighted by Gasteiger charge is 2.36. The number of unbranched alkanes of at least 4 members (excludes halogenated alkanes) is 11. The first kappa shape index (κ1) is 37.3. The second kappa shape index (κ2) is 25.7. The maximum atomic E-state index is 5.87. The van der Waals surface area contributed by atoms with Gasteiger partial charge in [0.1, 0.15) is 11.5 Å². The number of rotatable bonds is 23. The number of hydrogen-bond acceptors (Lipinski definition) is 3. The quantitative estimate of drug-likeness (QED) is 0.0582. The average molecular weight is 518 g/mol. The molecule has 0 radical (unpaired) electrons. The third-order valence-electron chi connectivity index (χ3n) is 7.13. The van der Waals surface area contributed by atoms with Crippen LogP contribution in [0.15, 0.2) is 61.4 Å². The van der Waals surface area contributed by atoms with Gasteiger partial charge in [-0.3, -0.25) is 0 Å². The lowest BCUT2D eigenvalue weighted by Gasteiger charge is -2.33. The van der Waals surface area contributed by atoms with Crippen LogP contribution in [0.4, 0.5) is 0 Å². The molecule has 37 heavy (non-hydrogen) atoms. The number of hydrogen-bond donors (Lipinski definition) is 0. The number of nitrogens with zero attached hydrogens (tertiary/aromatic N) is 1. The fraction of sp³-hybridized carbons (Fsp3) is 0.706. The van der Waals surface area contributed by atoms with Crippen molar-refractivity contribution in [1.29, 1.82) is 0 Å². The zero-order valence-electron chi connectivity index (χ0n) is 26.0. The van der Waals surface area contributed by atoms with E-state index in [2.05, 4.69) is 65.5 Å². The van der Waals surface area contributed by atoms with Crippen molar-refractivity contribution in [3.63, 3.8) is 0 Å². The van der Waals surface area contributed by atoms with Crippen LogP contribution >= 0.6 is 0 Å². The Bertz CT molecular complexity index is 628. The van der Waals surface area contributed by atoms with E-state index in [-0.39, 0.29) is 0 Å². The van der Waals surface area contributed by atoms with Gasteiger partial charge in [0.25, 0.3) is 0 Å². The van der Waals surface area contributed by atoms with Crippen LogP contribution in [-0.2, 0) is 9.47 Å². The normalized spacial score (nSPS) is 12.6. The molecule has 0 rings (SSSR count). The van der Waals surface area contributed by atoms with Gasteiger partial charge in [-0.15, -0.1) is 0 Å². The van der Waals surface area contributed by atoms with Gasteiger partial charge in [-0.05, 0) is 32.3 Å². The fourth-order valence-corrected chi connectivity index (χ4v) is 4.17. The minimum Gasteiger partial charge on any atom is -0.501 e. The molecule has 1 atom stereocenters. The van der Waals surface area contributed by atoms with E-state index in [1.165, 1.54) is 83.5 Å². The van der Waals surface area contributed by atoms with Crippen molar-refractivity contribution in [3.05, 3.63) is 61.4 Å². The second-order valence-corrected chi connectivity index (χ2v) is 10.1. The molecule has 0 bridgehead atoms. The maximum absolute atomic E-state index is 5.87. The Labute approximate surface area is 232 Å². The molecule has 0 N–H and O–H groups in total. The molecule has 0 aliphatic rings. The molecule has 0 saturated heterocycles. The van der Waals surface area contributed by atoms with Gasteiger partial charge in [0.15, 0.2) is 0 Å². The molecule has 3 heteroatoms. The van der Waals surface area contributed by atoms with Crippen LogP contribution in [0.2, 0.25) is 0 Å². The first-order chi connectivity index (χ1) is 17.8. The molecule has 1 unspecified atom stereocenters. The smallest absolute Gasteiger partial charge is 0.110 e. The Kier molecular flexibility index (Phi) is 25.9. The van der Waals surface area contributed by atoms with Crippen molar-refractivity contribution in [1.82, 2.24) is 4.90 Å². The van der Waals surface area contributed by atoms with Gasteiger partial charge in [-0.25, -0.2) is 0 Å². The molecule has 216 valence electrons. The van der Waals surface area contributed by atoms with E-state index in [4.69, 9.17) is 9.47 Å². The van der Waals surface area contributed by atoms with Crippen molar-refractivity contribution in [3.8, 4) is 0 Å². The van der Waals surface area contributed by atoms with Crippen LogP contribution in [0, 0.1) is 5.41 Å². The predicted molar refractivity (Wildman–Crippen MR) is 166 cm³/mol. The van der Waals surface area contributed by atoms with E-state index in [9.17, 15) is 0 Å². The summed E-state index contributed by atoms with van der Waals surface area (Å²) < 4.78 is 11.3. The monoisotopic (exact) mass is 517 g/mol. The van der Waals surface area contributed by atoms with Crippen molar-refractivity contribution in [2.24, 2.45) is 5.41 Å². The summed E-state index contributed by atoms with van der Waals surface area (Å²) in [6.07, 6.45) is 27.0. The summed E-state index contributed by atoms with van der Waals surface area (Å²) in [5.74, 6) is 1.31. The van der Waals surface area contributed by atoms with Crippen molar-refractivity contribution < 1.29 is 9.47 Å². The molecule has 0 aromatic heterocycles. The third-order valence-corrected chi connectivity index (χ3v) is 7.13. The van der Waals surface area contributed by atoms with E-state index in [1.54, 1.807) is 13.4 Å². The summed E-state index contributed by atoms with van der Waals surface area (Å²) in [4.78, 5) is 2.17. The molecule has 0 amide bonds. The SMILES string of the molecule is C=C(/C=C/OC(=C)C(CC)(C/C=C/C)C(=C)OC)N(C)CCCCCCCC.CCCCCCCCC. The zero-order valence-corrected chi connectivity index (χ0v) is 26.0. The number of methoxy groups -OCH3 is 1. The third kappa shape index (κ3) is 18.1. The minimum atomic E-state index is -0.433. The first-order valence-corrected chi connectivity index (χ1v) is 15.1. The summed E-state index contributed by atoms with van der Waals surface area (Å²) in [6.45, 7) is 24.3. The highest BCUT2D eigenvalue weighted by molar-refractivity contribution is 5.21. The Morgan fingerprint density at radius 1 is 0.757 bits per heavy atom. The molecular weight excluding hydrogens is 454 g/mol. The van der Waals surface area contributed by atoms with E-state index in [0.717, 1.165) is 25.1 Å². The highest BCUT2D eigenvalue weighted by atomic mass is 16.5. The molecule has 0 saturated carbocycles. The Balaban J connectivity index is 0. The maximum Gasteiger partial charge on any atom is 0.110 e. The van der Waals surface area contributed by atoms with E-state index in [0.29, 0.717) is 11.5 Å². The van der Waals surface area contributed by atoms with Crippen LogP contribution in [0.5, 0.6) is 0 Å². The van der Waals surface area contributed by atoms with Gasteiger partial charge in [-0.1, -0.05) is 137 Å². The molecule has 0 aliphatic heterocycles. The average Bonchev–Trinajstić information content (AvgIpc) is 2.91. The molecule has 0 aromatic rings. The van der Waals surface area contributed by atoms with E-state index in [1.807, 2.05) is 19.1 Å². The molecular formula is C34H63NO2. The van der Waals surface area contributed by atoms with Crippen LogP contribution in [0.3, 0.4) is 0 Å². The van der Waals surface area contributed by atoms with Crippen LogP contribution in [-0.4, -0.2) is 25.6 Å². The predicted octanol–water partition coefficient (Wildman–Crippen LogP) is 11.1. The highest BCUT2D eigenvalue weighted by Crippen LogP contribution is 2.42. The molecule has 0 fully saturated rings. The number of allylic oxidation sites excluding steroid dienone is 3. The molecule has 0 aliphatic carbocycles.